The Kier molecular flexibility index (Phi) is 3.59. The van der Waals surface area contributed by atoms with Crippen LogP contribution in [0.2, 0.25) is 0 Å². The van der Waals surface area contributed by atoms with E-state index in [1.807, 2.05) is 24.3 Å². The molecule has 0 unspecified atom stereocenters. The van der Waals surface area contributed by atoms with E-state index in [0.717, 1.165) is 41.4 Å². The Bertz CT molecular complexity index is 1050. The number of pyridine rings is 1. The molecule has 1 aromatic carbocycles. The van der Waals surface area contributed by atoms with E-state index in [2.05, 4.69) is 44.3 Å². The third kappa shape index (κ3) is 2.60. The number of fused-ring (bicyclic) bond motifs is 1. The average Bonchev–Trinajstić information content (AvgIpc) is 3.38. The van der Waals surface area contributed by atoms with Gasteiger partial charge in [-0.3, -0.25) is 4.98 Å². The average molecular weight is 342 g/mol. The summed E-state index contributed by atoms with van der Waals surface area (Å²) in [4.78, 5) is 6.50. The molecule has 0 amide bonds. The van der Waals surface area contributed by atoms with Gasteiger partial charge in [0.15, 0.2) is 11.5 Å². The second-order valence-corrected chi connectivity index (χ2v) is 6.49. The van der Waals surface area contributed by atoms with Crippen molar-refractivity contribution in [2.75, 3.05) is 18.0 Å². The topological polar surface area (TPSA) is 59.2 Å². The molecule has 1 saturated heterocycles. The molecule has 0 radical (unpaired) electrons. The van der Waals surface area contributed by atoms with Crippen molar-refractivity contribution >= 4 is 11.3 Å². The van der Waals surface area contributed by atoms with E-state index in [1.165, 1.54) is 18.5 Å². The Hall–Kier alpha value is -3.28. The molecule has 0 saturated carbocycles. The molecule has 4 aromatic rings. The number of nitrogens with zero attached hydrogens (tertiary/aromatic N) is 6. The first-order valence-corrected chi connectivity index (χ1v) is 8.87. The molecule has 0 N–H and O–H groups in total. The van der Waals surface area contributed by atoms with Gasteiger partial charge in [-0.1, -0.05) is 12.1 Å². The standard InChI is InChI=1S/C20H18N6/c1-2-13-25(12-1)17-5-3-4-16(14-17)18-6-7-19-22-23-20(26(19)24-18)15-8-10-21-11-9-15/h3-11,14H,1-2,12-13H2. The molecule has 4 heterocycles. The van der Waals surface area contributed by atoms with Gasteiger partial charge in [0.25, 0.3) is 0 Å². The van der Waals surface area contributed by atoms with Crippen LogP contribution in [0.15, 0.2) is 60.9 Å². The summed E-state index contributed by atoms with van der Waals surface area (Å²) >= 11 is 0. The van der Waals surface area contributed by atoms with Gasteiger partial charge >= 0.3 is 0 Å². The Morgan fingerprint density at radius 1 is 0.808 bits per heavy atom. The van der Waals surface area contributed by atoms with Crippen molar-refractivity contribution in [3.63, 3.8) is 0 Å². The smallest absolute Gasteiger partial charge is 0.185 e. The van der Waals surface area contributed by atoms with E-state index in [0.29, 0.717) is 0 Å². The van der Waals surface area contributed by atoms with Crippen LogP contribution in [0.3, 0.4) is 0 Å². The Balaban J connectivity index is 1.58. The summed E-state index contributed by atoms with van der Waals surface area (Å²) in [7, 11) is 0. The maximum absolute atomic E-state index is 4.80. The first-order chi connectivity index (χ1) is 12.9. The first kappa shape index (κ1) is 15.0. The van der Waals surface area contributed by atoms with Gasteiger partial charge in [-0.25, -0.2) is 0 Å². The van der Waals surface area contributed by atoms with E-state index >= 15 is 0 Å². The Labute approximate surface area is 151 Å². The van der Waals surface area contributed by atoms with Crippen molar-refractivity contribution in [3.05, 3.63) is 60.9 Å². The van der Waals surface area contributed by atoms with Crippen LogP contribution >= 0.6 is 0 Å². The molecule has 6 nitrogen and oxygen atoms in total. The zero-order valence-electron chi connectivity index (χ0n) is 14.3. The van der Waals surface area contributed by atoms with Crippen LogP contribution < -0.4 is 4.90 Å². The molecule has 1 aliphatic rings. The van der Waals surface area contributed by atoms with Crippen LogP contribution in [-0.4, -0.2) is 37.9 Å². The zero-order valence-corrected chi connectivity index (χ0v) is 14.3. The van der Waals surface area contributed by atoms with Crippen LogP contribution in [0.5, 0.6) is 0 Å². The van der Waals surface area contributed by atoms with E-state index in [4.69, 9.17) is 5.10 Å². The summed E-state index contributed by atoms with van der Waals surface area (Å²) in [6.45, 7) is 2.26. The minimum absolute atomic E-state index is 0.722. The fourth-order valence-electron chi connectivity index (χ4n) is 3.46. The van der Waals surface area contributed by atoms with E-state index < -0.39 is 0 Å². The largest absolute Gasteiger partial charge is 0.372 e. The predicted octanol–water partition coefficient (Wildman–Crippen LogP) is 3.45. The molecular formula is C20H18N6. The van der Waals surface area contributed by atoms with Crippen LogP contribution in [0.1, 0.15) is 12.8 Å². The van der Waals surface area contributed by atoms with Gasteiger partial charge in [0.2, 0.25) is 0 Å². The van der Waals surface area contributed by atoms with Crippen LogP contribution in [0, 0.1) is 0 Å². The molecule has 1 aliphatic heterocycles. The van der Waals surface area contributed by atoms with Crippen molar-refractivity contribution in [3.8, 4) is 22.6 Å². The zero-order chi connectivity index (χ0) is 17.3. The van der Waals surface area contributed by atoms with Gasteiger partial charge in [-0.2, -0.15) is 9.61 Å². The summed E-state index contributed by atoms with van der Waals surface area (Å²) in [5, 5.41) is 13.3. The van der Waals surface area contributed by atoms with E-state index in [-0.39, 0.29) is 0 Å². The first-order valence-electron chi connectivity index (χ1n) is 8.87. The normalized spacial score (nSPS) is 14.2. The molecule has 0 atom stereocenters. The molecule has 26 heavy (non-hydrogen) atoms. The number of anilines is 1. The molecule has 0 bridgehead atoms. The van der Waals surface area contributed by atoms with Gasteiger partial charge in [-0.05, 0) is 49.2 Å². The van der Waals surface area contributed by atoms with Crippen molar-refractivity contribution in [1.29, 1.82) is 0 Å². The molecule has 1 fully saturated rings. The monoisotopic (exact) mass is 342 g/mol. The number of rotatable bonds is 3. The fraction of sp³-hybridized carbons (Fsp3) is 0.200. The SMILES string of the molecule is c1cc(-c2ccc3nnc(-c4ccncc4)n3n2)cc(N2CCCC2)c1. The molecule has 128 valence electrons. The highest BCUT2D eigenvalue weighted by Crippen LogP contribution is 2.26. The third-order valence-electron chi connectivity index (χ3n) is 4.81. The molecule has 5 rings (SSSR count). The van der Waals surface area contributed by atoms with Gasteiger partial charge in [0, 0.05) is 42.3 Å². The minimum Gasteiger partial charge on any atom is -0.372 e. The van der Waals surface area contributed by atoms with Crippen molar-refractivity contribution in [1.82, 2.24) is 24.8 Å². The van der Waals surface area contributed by atoms with Gasteiger partial charge in [-0.15, -0.1) is 10.2 Å². The van der Waals surface area contributed by atoms with Crippen LogP contribution in [0.25, 0.3) is 28.3 Å². The lowest BCUT2D eigenvalue weighted by Gasteiger charge is -2.18. The predicted molar refractivity (Wildman–Crippen MR) is 101 cm³/mol. The van der Waals surface area contributed by atoms with Crippen molar-refractivity contribution in [2.45, 2.75) is 12.8 Å². The number of aromatic nitrogens is 5. The van der Waals surface area contributed by atoms with Gasteiger partial charge < -0.3 is 4.90 Å². The van der Waals surface area contributed by atoms with Gasteiger partial charge in [0.05, 0.1) is 5.69 Å². The summed E-state index contributed by atoms with van der Waals surface area (Å²) in [5.74, 6) is 0.722. The van der Waals surface area contributed by atoms with Crippen molar-refractivity contribution < 1.29 is 0 Å². The summed E-state index contributed by atoms with van der Waals surface area (Å²) in [6.07, 6.45) is 6.04. The lowest BCUT2D eigenvalue weighted by atomic mass is 10.1. The molecular weight excluding hydrogens is 324 g/mol. The van der Waals surface area contributed by atoms with E-state index in [9.17, 15) is 0 Å². The number of hydrogen-bond donors (Lipinski definition) is 0. The Morgan fingerprint density at radius 2 is 1.65 bits per heavy atom. The number of hydrogen-bond acceptors (Lipinski definition) is 5. The minimum atomic E-state index is 0.722. The van der Waals surface area contributed by atoms with Crippen molar-refractivity contribution in [2.24, 2.45) is 0 Å². The van der Waals surface area contributed by atoms with Crippen LogP contribution in [0.4, 0.5) is 5.69 Å². The lowest BCUT2D eigenvalue weighted by Crippen LogP contribution is -2.17. The quantitative estimate of drug-likeness (QED) is 0.571. The summed E-state index contributed by atoms with van der Waals surface area (Å²) in [5.41, 5.74) is 4.96. The highest BCUT2D eigenvalue weighted by molar-refractivity contribution is 5.67. The Morgan fingerprint density at radius 3 is 2.50 bits per heavy atom. The van der Waals surface area contributed by atoms with Crippen LogP contribution in [-0.2, 0) is 0 Å². The van der Waals surface area contributed by atoms with Gasteiger partial charge in [0.1, 0.15) is 0 Å². The molecule has 0 spiro atoms. The highest BCUT2D eigenvalue weighted by atomic mass is 15.4. The highest BCUT2D eigenvalue weighted by Gasteiger charge is 2.14. The lowest BCUT2D eigenvalue weighted by molar-refractivity contribution is 0.939. The second kappa shape index (κ2) is 6.22. The maximum atomic E-state index is 4.80. The summed E-state index contributed by atoms with van der Waals surface area (Å²) < 4.78 is 1.80. The third-order valence-corrected chi connectivity index (χ3v) is 4.81. The maximum Gasteiger partial charge on any atom is 0.185 e. The molecule has 3 aromatic heterocycles. The molecule has 0 aliphatic carbocycles. The van der Waals surface area contributed by atoms with E-state index in [1.54, 1.807) is 16.9 Å². The summed E-state index contributed by atoms with van der Waals surface area (Å²) in [6, 6.07) is 16.4. The second-order valence-electron chi connectivity index (χ2n) is 6.49. The number of benzene rings is 1. The fourth-order valence-corrected chi connectivity index (χ4v) is 3.46. The molecule has 6 heteroatoms.